The number of benzene rings is 1. The van der Waals surface area contributed by atoms with E-state index in [2.05, 4.69) is 17.1 Å². The normalized spacial score (nSPS) is 32.8. The number of nitrogens with zero attached hydrogens (tertiary/aromatic N) is 1. The number of unbranched alkanes of at least 4 members (excludes halogenated alkanes) is 2. The van der Waals surface area contributed by atoms with E-state index >= 15 is 0 Å². The quantitative estimate of drug-likeness (QED) is 0.759. The molecule has 1 amide bonds. The van der Waals surface area contributed by atoms with Gasteiger partial charge in [-0.1, -0.05) is 31.9 Å². The first-order valence-electron chi connectivity index (χ1n) is 10.1. The van der Waals surface area contributed by atoms with Gasteiger partial charge >= 0.3 is 0 Å². The summed E-state index contributed by atoms with van der Waals surface area (Å²) in [6, 6.07) is 6.16. The van der Waals surface area contributed by atoms with Crippen molar-refractivity contribution in [3.05, 3.63) is 35.6 Å². The van der Waals surface area contributed by atoms with Gasteiger partial charge in [0.2, 0.25) is 0 Å². The molecule has 0 aliphatic carbocycles. The number of fused-ring (bicyclic) bond motifs is 1. The van der Waals surface area contributed by atoms with Crippen LogP contribution in [-0.2, 0) is 4.74 Å². The molecule has 5 heteroatoms. The van der Waals surface area contributed by atoms with E-state index in [0.717, 1.165) is 32.5 Å². The Hall–Kier alpha value is -1.46. The first-order chi connectivity index (χ1) is 12.6. The summed E-state index contributed by atoms with van der Waals surface area (Å²) in [4.78, 5) is 14.9. The number of carbonyl (C=O) groups is 1. The van der Waals surface area contributed by atoms with E-state index in [1.54, 1.807) is 12.1 Å². The van der Waals surface area contributed by atoms with Crippen LogP contribution in [0.4, 0.5) is 4.39 Å². The van der Waals surface area contributed by atoms with Gasteiger partial charge in [0, 0.05) is 31.5 Å². The molecule has 3 saturated heterocycles. The zero-order valence-corrected chi connectivity index (χ0v) is 15.5. The van der Waals surface area contributed by atoms with Crippen LogP contribution in [0, 0.1) is 17.7 Å². The number of hydrogen-bond acceptors (Lipinski definition) is 3. The largest absolute Gasteiger partial charge is 0.370 e. The van der Waals surface area contributed by atoms with Crippen LogP contribution in [0.2, 0.25) is 0 Å². The number of hydrogen-bond donors (Lipinski definition) is 1. The minimum absolute atomic E-state index is 0.00424. The zero-order chi connectivity index (χ0) is 18.1. The minimum Gasteiger partial charge on any atom is -0.370 e. The molecule has 3 aliphatic rings. The van der Waals surface area contributed by atoms with Gasteiger partial charge in [0.25, 0.3) is 5.91 Å². The lowest BCUT2D eigenvalue weighted by atomic mass is 9.73. The second-order valence-corrected chi connectivity index (χ2v) is 8.16. The van der Waals surface area contributed by atoms with Crippen molar-refractivity contribution in [3.8, 4) is 0 Å². The summed E-state index contributed by atoms with van der Waals surface area (Å²) in [5, 5.41) is 2.97. The summed E-state index contributed by atoms with van der Waals surface area (Å²) in [6.45, 7) is 6.06. The van der Waals surface area contributed by atoms with Gasteiger partial charge in [-0.15, -0.1) is 0 Å². The molecule has 0 radical (unpaired) electrons. The molecule has 0 saturated carbocycles. The number of amides is 1. The maximum Gasteiger partial charge on any atom is 0.254 e. The van der Waals surface area contributed by atoms with Crippen molar-refractivity contribution in [2.75, 3.05) is 26.2 Å². The van der Waals surface area contributed by atoms with E-state index in [0.29, 0.717) is 18.4 Å². The topological polar surface area (TPSA) is 41.6 Å². The first-order valence-corrected chi connectivity index (χ1v) is 10.1. The molecule has 4 nitrogen and oxygen atoms in total. The summed E-state index contributed by atoms with van der Waals surface area (Å²) in [6.07, 6.45) is 6.24. The lowest BCUT2D eigenvalue weighted by molar-refractivity contribution is 0.00266. The maximum absolute atomic E-state index is 13.8. The van der Waals surface area contributed by atoms with Crippen molar-refractivity contribution in [3.63, 3.8) is 0 Å². The number of halogens is 1. The van der Waals surface area contributed by atoms with Crippen LogP contribution in [0.1, 0.15) is 49.4 Å². The SMILES string of the molecule is CCCCCN1C[C@@H]2[C@H](CNC(=O)c3ccccc3F)[C@H]3CC[C@]2(C1)O3. The predicted molar refractivity (Wildman–Crippen MR) is 98.5 cm³/mol. The highest BCUT2D eigenvalue weighted by Gasteiger charge is 2.62. The van der Waals surface area contributed by atoms with Gasteiger partial charge in [0.05, 0.1) is 17.3 Å². The molecule has 4 atom stereocenters. The third-order valence-corrected chi connectivity index (χ3v) is 6.55. The number of carbonyl (C=O) groups excluding carboxylic acids is 1. The highest BCUT2D eigenvalue weighted by molar-refractivity contribution is 5.94. The average molecular weight is 360 g/mol. The van der Waals surface area contributed by atoms with E-state index < -0.39 is 5.82 Å². The third kappa shape index (κ3) is 3.16. The fraction of sp³-hybridized carbons (Fsp3) is 0.667. The molecule has 0 aromatic heterocycles. The van der Waals surface area contributed by atoms with Crippen LogP contribution in [0.5, 0.6) is 0 Å². The first kappa shape index (κ1) is 17.9. The number of ether oxygens (including phenoxy) is 1. The fourth-order valence-corrected chi connectivity index (χ4v) is 5.27. The molecule has 26 heavy (non-hydrogen) atoms. The summed E-state index contributed by atoms with van der Waals surface area (Å²) in [5.41, 5.74) is 0.128. The Morgan fingerprint density at radius 1 is 1.38 bits per heavy atom. The van der Waals surface area contributed by atoms with Crippen LogP contribution in [0.3, 0.4) is 0 Å². The standard InChI is InChI=1S/C21H29FN2O2/c1-2-3-6-11-24-13-17-16(19-9-10-21(17,14-24)26-19)12-23-20(25)15-7-4-5-8-18(15)22/h4-5,7-8,16-17,19H,2-3,6,9-14H2,1H3,(H,23,25)/t16-,17+,19+,21+/m0/s1. The fourth-order valence-electron chi connectivity index (χ4n) is 5.27. The Kier molecular flexibility index (Phi) is 5.02. The van der Waals surface area contributed by atoms with E-state index in [-0.39, 0.29) is 23.2 Å². The lowest BCUT2D eigenvalue weighted by Gasteiger charge is -2.29. The molecule has 1 aromatic rings. The Morgan fingerprint density at radius 3 is 3.04 bits per heavy atom. The van der Waals surface area contributed by atoms with E-state index in [1.165, 1.54) is 31.4 Å². The van der Waals surface area contributed by atoms with Crippen LogP contribution >= 0.6 is 0 Å². The van der Waals surface area contributed by atoms with Crippen molar-refractivity contribution in [1.82, 2.24) is 10.2 Å². The summed E-state index contributed by atoms with van der Waals surface area (Å²) in [7, 11) is 0. The van der Waals surface area contributed by atoms with Crippen LogP contribution in [0.15, 0.2) is 24.3 Å². The molecule has 3 aliphatic heterocycles. The smallest absolute Gasteiger partial charge is 0.254 e. The van der Waals surface area contributed by atoms with E-state index in [4.69, 9.17) is 4.74 Å². The number of rotatable bonds is 7. The number of nitrogens with one attached hydrogen (secondary N) is 1. The van der Waals surface area contributed by atoms with Crippen LogP contribution in [0.25, 0.3) is 0 Å². The molecule has 1 aromatic carbocycles. The second-order valence-electron chi connectivity index (χ2n) is 8.16. The molecular weight excluding hydrogens is 331 g/mol. The average Bonchev–Trinajstić information content (AvgIpc) is 3.28. The van der Waals surface area contributed by atoms with Crippen molar-refractivity contribution in [1.29, 1.82) is 0 Å². The summed E-state index contributed by atoms with van der Waals surface area (Å²) >= 11 is 0. The van der Waals surface area contributed by atoms with Gasteiger partial charge < -0.3 is 15.0 Å². The molecule has 2 bridgehead atoms. The Labute approximate surface area is 155 Å². The van der Waals surface area contributed by atoms with Crippen molar-refractivity contribution in [2.24, 2.45) is 11.8 Å². The van der Waals surface area contributed by atoms with Gasteiger partial charge in [-0.2, -0.15) is 0 Å². The Bertz CT molecular complexity index is 667. The molecule has 0 unspecified atom stereocenters. The second kappa shape index (κ2) is 7.28. The lowest BCUT2D eigenvalue weighted by Crippen LogP contribution is -2.42. The zero-order valence-electron chi connectivity index (χ0n) is 15.5. The predicted octanol–water partition coefficient (Wildman–Crippen LogP) is 3.23. The van der Waals surface area contributed by atoms with Gasteiger partial charge in [0.1, 0.15) is 5.82 Å². The van der Waals surface area contributed by atoms with Crippen LogP contribution in [-0.4, -0.2) is 48.7 Å². The molecule has 1 N–H and O–H groups in total. The Morgan fingerprint density at radius 2 is 2.23 bits per heavy atom. The van der Waals surface area contributed by atoms with E-state index in [1.807, 2.05) is 0 Å². The van der Waals surface area contributed by atoms with Crippen molar-refractivity contribution < 1.29 is 13.9 Å². The highest BCUT2D eigenvalue weighted by atomic mass is 19.1. The van der Waals surface area contributed by atoms with Crippen molar-refractivity contribution in [2.45, 2.75) is 50.7 Å². The van der Waals surface area contributed by atoms with Gasteiger partial charge in [-0.05, 0) is 37.9 Å². The van der Waals surface area contributed by atoms with Gasteiger partial charge in [-0.25, -0.2) is 4.39 Å². The summed E-state index contributed by atoms with van der Waals surface area (Å²) < 4.78 is 20.2. The van der Waals surface area contributed by atoms with Gasteiger partial charge in [-0.3, -0.25) is 4.79 Å². The minimum atomic E-state index is -0.464. The third-order valence-electron chi connectivity index (χ3n) is 6.55. The molecule has 4 rings (SSSR count). The number of likely N-dealkylation sites (tertiary alicyclic amines) is 1. The molecule has 1 spiro atoms. The van der Waals surface area contributed by atoms with Gasteiger partial charge in [0.15, 0.2) is 0 Å². The molecule has 3 heterocycles. The molecule has 3 fully saturated rings. The highest BCUT2D eigenvalue weighted by Crippen LogP contribution is 2.54. The summed E-state index contributed by atoms with van der Waals surface area (Å²) in [5.74, 6) is 0.0470. The van der Waals surface area contributed by atoms with Crippen LogP contribution < -0.4 is 5.32 Å². The Balaban J connectivity index is 1.37. The molecular formula is C21H29FN2O2. The maximum atomic E-state index is 13.8. The molecule has 142 valence electrons. The monoisotopic (exact) mass is 360 g/mol. The van der Waals surface area contributed by atoms with Crippen molar-refractivity contribution >= 4 is 5.91 Å². The van der Waals surface area contributed by atoms with E-state index in [9.17, 15) is 9.18 Å².